The van der Waals surface area contributed by atoms with Gasteiger partial charge in [0.15, 0.2) is 5.58 Å². The largest absolute Gasteiger partial charge is 0.423 e. The molecule has 3 rings (SSSR count). The van der Waals surface area contributed by atoms with Gasteiger partial charge in [-0.05, 0) is 49.6 Å². The summed E-state index contributed by atoms with van der Waals surface area (Å²) in [5.41, 5.74) is 4.74. The van der Waals surface area contributed by atoms with Crippen molar-refractivity contribution in [3.05, 3.63) is 53.6 Å². The van der Waals surface area contributed by atoms with E-state index in [2.05, 4.69) is 10.3 Å². The minimum absolute atomic E-state index is 0.194. The topological polar surface area (TPSA) is 55.1 Å². The predicted molar refractivity (Wildman–Crippen MR) is 87.5 cm³/mol. The zero-order valence-corrected chi connectivity index (χ0v) is 12.7. The number of carbonyl (C=O) groups is 1. The lowest BCUT2D eigenvalue weighted by Gasteiger charge is -2.04. The van der Waals surface area contributed by atoms with Gasteiger partial charge < -0.3 is 14.5 Å². The number of oxazole rings is 1. The SMILES string of the molecule is CC(=O)CCc1ccc2nc(Nc3ccccc3C)oc2c1. The molecule has 112 valence electrons. The lowest BCUT2D eigenvalue weighted by Crippen LogP contribution is -1.93. The third-order valence-electron chi connectivity index (χ3n) is 3.61. The van der Waals surface area contributed by atoms with Crippen molar-refractivity contribution >= 4 is 28.6 Å². The van der Waals surface area contributed by atoms with E-state index in [0.717, 1.165) is 34.3 Å². The highest BCUT2D eigenvalue weighted by Crippen LogP contribution is 2.24. The quantitative estimate of drug-likeness (QED) is 0.757. The molecule has 0 fully saturated rings. The minimum atomic E-state index is 0.194. The second-order valence-corrected chi connectivity index (χ2v) is 5.46. The van der Waals surface area contributed by atoms with Crippen molar-refractivity contribution in [2.24, 2.45) is 0 Å². The van der Waals surface area contributed by atoms with Gasteiger partial charge in [-0.3, -0.25) is 0 Å². The van der Waals surface area contributed by atoms with Crippen molar-refractivity contribution in [2.45, 2.75) is 26.7 Å². The van der Waals surface area contributed by atoms with Crippen LogP contribution < -0.4 is 5.32 Å². The Kier molecular flexibility index (Phi) is 3.92. The summed E-state index contributed by atoms with van der Waals surface area (Å²) >= 11 is 0. The summed E-state index contributed by atoms with van der Waals surface area (Å²) in [5.74, 6) is 0.194. The average Bonchev–Trinajstić information content (AvgIpc) is 2.89. The second-order valence-electron chi connectivity index (χ2n) is 5.46. The Hall–Kier alpha value is -2.62. The fourth-order valence-corrected chi connectivity index (χ4v) is 2.33. The minimum Gasteiger partial charge on any atom is -0.423 e. The Morgan fingerprint density at radius 2 is 2.05 bits per heavy atom. The molecule has 0 aliphatic rings. The van der Waals surface area contributed by atoms with Crippen molar-refractivity contribution in [1.82, 2.24) is 4.98 Å². The van der Waals surface area contributed by atoms with Crippen LogP contribution in [0.5, 0.6) is 0 Å². The first-order chi connectivity index (χ1) is 10.6. The molecule has 1 N–H and O–H groups in total. The smallest absolute Gasteiger partial charge is 0.300 e. The molecule has 3 aromatic rings. The molecule has 2 aromatic carbocycles. The number of hydrogen-bond donors (Lipinski definition) is 1. The number of nitrogens with one attached hydrogen (secondary N) is 1. The summed E-state index contributed by atoms with van der Waals surface area (Å²) in [6.45, 7) is 3.64. The lowest BCUT2D eigenvalue weighted by atomic mass is 10.1. The number of Topliss-reactive ketones (excluding diaryl/α,β-unsaturated/α-hetero) is 1. The number of rotatable bonds is 5. The average molecular weight is 294 g/mol. The van der Waals surface area contributed by atoms with E-state index in [1.165, 1.54) is 0 Å². The monoisotopic (exact) mass is 294 g/mol. The van der Waals surface area contributed by atoms with Gasteiger partial charge in [0.05, 0.1) is 0 Å². The molecule has 1 aromatic heterocycles. The van der Waals surface area contributed by atoms with Gasteiger partial charge in [-0.25, -0.2) is 0 Å². The number of carbonyl (C=O) groups excluding carboxylic acids is 1. The van der Waals surface area contributed by atoms with E-state index in [9.17, 15) is 4.79 Å². The number of aromatic nitrogens is 1. The van der Waals surface area contributed by atoms with Gasteiger partial charge in [0.1, 0.15) is 11.3 Å². The molecular formula is C18H18N2O2. The van der Waals surface area contributed by atoms with Crippen molar-refractivity contribution < 1.29 is 9.21 Å². The number of para-hydroxylation sites is 1. The van der Waals surface area contributed by atoms with Gasteiger partial charge in [0, 0.05) is 12.1 Å². The molecule has 0 amide bonds. The number of anilines is 2. The highest BCUT2D eigenvalue weighted by Gasteiger charge is 2.08. The molecule has 0 saturated carbocycles. The summed E-state index contributed by atoms with van der Waals surface area (Å²) in [4.78, 5) is 15.5. The van der Waals surface area contributed by atoms with Crippen LogP contribution in [0.15, 0.2) is 46.9 Å². The molecule has 0 saturated heterocycles. The lowest BCUT2D eigenvalue weighted by molar-refractivity contribution is -0.116. The molecule has 0 aliphatic carbocycles. The van der Waals surface area contributed by atoms with Crippen molar-refractivity contribution in [2.75, 3.05) is 5.32 Å². The first kappa shape index (κ1) is 14.3. The first-order valence-electron chi connectivity index (χ1n) is 7.33. The van der Waals surface area contributed by atoms with Gasteiger partial charge in [-0.15, -0.1) is 0 Å². The van der Waals surface area contributed by atoms with E-state index in [1.807, 2.05) is 49.4 Å². The standard InChI is InChI=1S/C18H18N2O2/c1-12-5-3-4-6-15(12)19-18-20-16-10-9-14(8-7-13(2)21)11-17(16)22-18/h3-6,9-11H,7-8H2,1-2H3,(H,19,20). The molecule has 0 spiro atoms. The molecule has 1 heterocycles. The number of nitrogens with zero attached hydrogens (tertiary/aromatic N) is 1. The molecule has 0 unspecified atom stereocenters. The number of hydrogen-bond acceptors (Lipinski definition) is 4. The van der Waals surface area contributed by atoms with Gasteiger partial charge in [0.25, 0.3) is 6.01 Å². The van der Waals surface area contributed by atoms with Crippen molar-refractivity contribution in [3.8, 4) is 0 Å². The molecule has 22 heavy (non-hydrogen) atoms. The number of ketones is 1. The van der Waals surface area contributed by atoms with E-state index in [-0.39, 0.29) is 5.78 Å². The highest BCUT2D eigenvalue weighted by atomic mass is 16.4. The zero-order valence-electron chi connectivity index (χ0n) is 12.7. The van der Waals surface area contributed by atoms with Crippen LogP contribution in [0.3, 0.4) is 0 Å². The number of benzene rings is 2. The van der Waals surface area contributed by atoms with Gasteiger partial charge in [-0.1, -0.05) is 24.3 Å². The Labute approximate surface area is 129 Å². The van der Waals surface area contributed by atoms with E-state index < -0.39 is 0 Å². The van der Waals surface area contributed by atoms with Crippen LogP contribution in [0.1, 0.15) is 24.5 Å². The van der Waals surface area contributed by atoms with E-state index in [4.69, 9.17) is 4.42 Å². The Morgan fingerprint density at radius 3 is 2.82 bits per heavy atom. The van der Waals surface area contributed by atoms with E-state index in [1.54, 1.807) is 6.92 Å². The van der Waals surface area contributed by atoms with Crippen LogP contribution in [0.2, 0.25) is 0 Å². The molecule has 0 aliphatic heterocycles. The van der Waals surface area contributed by atoms with Crippen molar-refractivity contribution in [3.63, 3.8) is 0 Å². The maximum atomic E-state index is 11.1. The zero-order chi connectivity index (χ0) is 15.5. The molecule has 0 atom stereocenters. The fraction of sp³-hybridized carbons (Fsp3) is 0.222. The van der Waals surface area contributed by atoms with Gasteiger partial charge in [-0.2, -0.15) is 4.98 Å². The third kappa shape index (κ3) is 3.17. The summed E-state index contributed by atoms with van der Waals surface area (Å²) in [5, 5.41) is 3.20. The Bertz CT molecular complexity index is 821. The summed E-state index contributed by atoms with van der Waals surface area (Å²) in [6.07, 6.45) is 1.28. The van der Waals surface area contributed by atoms with E-state index in [0.29, 0.717) is 12.4 Å². The molecule has 4 nitrogen and oxygen atoms in total. The summed E-state index contributed by atoms with van der Waals surface area (Å²) in [7, 11) is 0. The highest BCUT2D eigenvalue weighted by molar-refractivity contribution is 5.78. The first-order valence-corrected chi connectivity index (χ1v) is 7.33. The predicted octanol–water partition coefficient (Wildman–Crippen LogP) is 4.40. The normalized spacial score (nSPS) is 10.8. The maximum Gasteiger partial charge on any atom is 0.300 e. The van der Waals surface area contributed by atoms with Crippen LogP contribution in [-0.4, -0.2) is 10.8 Å². The Balaban J connectivity index is 1.83. The van der Waals surface area contributed by atoms with Crippen LogP contribution >= 0.6 is 0 Å². The Morgan fingerprint density at radius 1 is 1.23 bits per heavy atom. The molecular weight excluding hydrogens is 276 g/mol. The van der Waals surface area contributed by atoms with Crippen LogP contribution in [0, 0.1) is 6.92 Å². The molecule has 0 bridgehead atoms. The van der Waals surface area contributed by atoms with Crippen LogP contribution in [-0.2, 0) is 11.2 Å². The third-order valence-corrected chi connectivity index (χ3v) is 3.61. The van der Waals surface area contributed by atoms with Crippen LogP contribution in [0.25, 0.3) is 11.1 Å². The van der Waals surface area contributed by atoms with Crippen molar-refractivity contribution in [1.29, 1.82) is 0 Å². The summed E-state index contributed by atoms with van der Waals surface area (Å²) in [6, 6.07) is 14.3. The number of aryl methyl sites for hydroxylation is 2. The fourth-order valence-electron chi connectivity index (χ4n) is 2.33. The van der Waals surface area contributed by atoms with Gasteiger partial charge in [0.2, 0.25) is 0 Å². The molecule has 4 heteroatoms. The molecule has 0 radical (unpaired) electrons. The van der Waals surface area contributed by atoms with E-state index >= 15 is 0 Å². The maximum absolute atomic E-state index is 11.1. The van der Waals surface area contributed by atoms with Crippen LogP contribution in [0.4, 0.5) is 11.7 Å². The second kappa shape index (κ2) is 6.02. The summed E-state index contributed by atoms with van der Waals surface area (Å²) < 4.78 is 5.77. The number of fused-ring (bicyclic) bond motifs is 1. The van der Waals surface area contributed by atoms with Gasteiger partial charge >= 0.3 is 0 Å².